The molecular formula is C23H28O6. The number of carbonyl (C=O) groups is 3. The van der Waals surface area contributed by atoms with Gasteiger partial charge in [-0.25, -0.2) is 0 Å². The van der Waals surface area contributed by atoms with Crippen molar-refractivity contribution >= 4 is 17.5 Å². The summed E-state index contributed by atoms with van der Waals surface area (Å²) in [6.45, 7) is 4.69. The van der Waals surface area contributed by atoms with Gasteiger partial charge in [0.05, 0.1) is 6.10 Å². The molecule has 0 aromatic rings. The van der Waals surface area contributed by atoms with Crippen LogP contribution in [0.1, 0.15) is 40.0 Å². The molecule has 0 amide bonds. The van der Waals surface area contributed by atoms with E-state index in [9.17, 15) is 24.6 Å². The van der Waals surface area contributed by atoms with E-state index in [1.54, 1.807) is 12.2 Å². The van der Waals surface area contributed by atoms with Crippen molar-refractivity contribution < 1.29 is 29.3 Å². The van der Waals surface area contributed by atoms with Crippen molar-refractivity contribution in [2.24, 2.45) is 28.6 Å². The fraction of sp³-hybridized carbons (Fsp3) is 0.609. The second kappa shape index (κ2) is 6.47. The van der Waals surface area contributed by atoms with Crippen LogP contribution in [0.15, 0.2) is 36.0 Å². The smallest absolute Gasteiger partial charge is 0.303 e. The van der Waals surface area contributed by atoms with Gasteiger partial charge in [-0.2, -0.15) is 0 Å². The average Bonchev–Trinajstić information content (AvgIpc) is 2.91. The van der Waals surface area contributed by atoms with Crippen molar-refractivity contribution in [3.05, 3.63) is 36.0 Å². The lowest BCUT2D eigenvalue weighted by Gasteiger charge is -2.57. The van der Waals surface area contributed by atoms with Crippen LogP contribution >= 0.6 is 0 Å². The average molecular weight is 400 g/mol. The number of aliphatic hydroxyl groups is 2. The van der Waals surface area contributed by atoms with Gasteiger partial charge in [-0.05, 0) is 48.8 Å². The van der Waals surface area contributed by atoms with Crippen LogP contribution in [0.25, 0.3) is 0 Å². The van der Waals surface area contributed by atoms with Gasteiger partial charge in [0.15, 0.2) is 12.4 Å². The maximum Gasteiger partial charge on any atom is 0.303 e. The largest absolute Gasteiger partial charge is 0.458 e. The number of ether oxygens (including phenoxy) is 1. The number of carbonyl (C=O) groups excluding carboxylic acids is 3. The maximum absolute atomic E-state index is 12.8. The highest BCUT2D eigenvalue weighted by Gasteiger charge is 2.67. The van der Waals surface area contributed by atoms with Crippen LogP contribution in [0.3, 0.4) is 0 Å². The summed E-state index contributed by atoms with van der Waals surface area (Å²) >= 11 is 0. The lowest BCUT2D eigenvalue weighted by atomic mass is 9.48. The summed E-state index contributed by atoms with van der Waals surface area (Å²) < 4.78 is 4.86. The number of allylic oxidation sites excluding steroid dienone is 6. The van der Waals surface area contributed by atoms with Gasteiger partial charge < -0.3 is 14.9 Å². The molecule has 6 nitrogen and oxygen atoms in total. The standard InChI is InChI=1S/C23H28O6/c1-13(24)29-12-19(27)23(28)9-7-17-16-5-4-14-10-15(25)6-8-21(14,2)20(16)18(26)11-22(17,23)3/h4-6,8,10,16-18,20,26,28H,7,9,11-12H2,1-3H3/t16-,17-,18+,20+,21+,22+,23+/m1/s1. The van der Waals surface area contributed by atoms with Crippen molar-refractivity contribution in [1.82, 2.24) is 0 Å². The predicted octanol–water partition coefficient (Wildman–Crippen LogP) is 1.90. The summed E-state index contributed by atoms with van der Waals surface area (Å²) in [5.74, 6) is -1.28. The van der Waals surface area contributed by atoms with Crippen LogP contribution < -0.4 is 0 Å². The van der Waals surface area contributed by atoms with Gasteiger partial charge in [-0.15, -0.1) is 0 Å². The van der Waals surface area contributed by atoms with E-state index in [1.807, 2.05) is 32.1 Å². The maximum atomic E-state index is 12.8. The van der Waals surface area contributed by atoms with Crippen molar-refractivity contribution in [2.45, 2.75) is 51.7 Å². The number of Topliss-reactive ketones (excluding diaryl/α,β-unsaturated/α-hetero) is 1. The molecular weight excluding hydrogens is 372 g/mol. The zero-order valence-electron chi connectivity index (χ0n) is 17.1. The SMILES string of the molecule is CC(=O)OCC(=O)[C@@]1(O)CC[C@@H]2[C@H]3C=CC4=CC(=O)C=C[C@]4(C)[C@@H]3[C@@H](O)C[C@@]21C. The van der Waals surface area contributed by atoms with Gasteiger partial charge in [-0.1, -0.05) is 32.1 Å². The molecule has 2 saturated carbocycles. The number of aliphatic hydroxyl groups excluding tert-OH is 1. The Balaban J connectivity index is 1.70. The Kier molecular flexibility index (Phi) is 4.52. The lowest BCUT2D eigenvalue weighted by Crippen LogP contribution is -2.61. The van der Waals surface area contributed by atoms with Crippen LogP contribution in [0, 0.1) is 28.6 Å². The lowest BCUT2D eigenvalue weighted by molar-refractivity contribution is -0.175. The van der Waals surface area contributed by atoms with E-state index in [1.165, 1.54) is 6.92 Å². The third kappa shape index (κ3) is 2.72. The number of hydrogen-bond donors (Lipinski definition) is 2. The summed E-state index contributed by atoms with van der Waals surface area (Å²) in [5, 5.41) is 22.7. The first kappa shape index (κ1) is 20.2. The summed E-state index contributed by atoms with van der Waals surface area (Å²) in [6, 6.07) is 0. The third-order valence-corrected chi connectivity index (χ3v) is 8.08. The Labute approximate surface area is 170 Å². The second-order valence-corrected chi connectivity index (χ2v) is 9.48. The highest BCUT2D eigenvalue weighted by Crippen LogP contribution is 2.65. The first-order valence-corrected chi connectivity index (χ1v) is 10.2. The van der Waals surface area contributed by atoms with Crippen molar-refractivity contribution in [1.29, 1.82) is 0 Å². The van der Waals surface area contributed by atoms with Gasteiger partial charge in [0, 0.05) is 23.7 Å². The minimum atomic E-state index is -1.64. The van der Waals surface area contributed by atoms with Crippen LogP contribution in [0.5, 0.6) is 0 Å². The van der Waals surface area contributed by atoms with Crippen molar-refractivity contribution in [3.8, 4) is 0 Å². The molecule has 6 heteroatoms. The topological polar surface area (TPSA) is 101 Å². The number of rotatable bonds is 3. The molecule has 0 unspecified atom stereocenters. The molecule has 0 aromatic carbocycles. The van der Waals surface area contributed by atoms with E-state index < -0.39 is 40.9 Å². The molecule has 29 heavy (non-hydrogen) atoms. The molecule has 2 N–H and O–H groups in total. The molecule has 156 valence electrons. The number of ketones is 2. The summed E-state index contributed by atoms with van der Waals surface area (Å²) in [4.78, 5) is 35.8. The number of hydrogen-bond acceptors (Lipinski definition) is 6. The molecule has 2 fully saturated rings. The molecule has 7 atom stereocenters. The van der Waals surface area contributed by atoms with Crippen molar-refractivity contribution in [2.75, 3.05) is 6.61 Å². The van der Waals surface area contributed by atoms with Gasteiger partial charge in [0.1, 0.15) is 5.60 Å². The fourth-order valence-electron chi connectivity index (χ4n) is 6.53. The minimum Gasteiger partial charge on any atom is -0.458 e. The molecule has 0 saturated heterocycles. The van der Waals surface area contributed by atoms with Crippen molar-refractivity contribution in [3.63, 3.8) is 0 Å². The molecule has 4 aliphatic carbocycles. The normalized spacial score (nSPS) is 45.1. The quantitative estimate of drug-likeness (QED) is 0.702. The Morgan fingerprint density at radius 1 is 1.28 bits per heavy atom. The Morgan fingerprint density at radius 2 is 2.00 bits per heavy atom. The van der Waals surface area contributed by atoms with Gasteiger partial charge in [-0.3, -0.25) is 14.4 Å². The monoisotopic (exact) mass is 400 g/mol. The first-order valence-electron chi connectivity index (χ1n) is 10.2. The van der Waals surface area contributed by atoms with E-state index in [0.717, 1.165) is 5.57 Å². The molecule has 0 spiro atoms. The zero-order valence-corrected chi connectivity index (χ0v) is 17.1. The molecule has 4 aliphatic rings. The summed E-state index contributed by atoms with van der Waals surface area (Å²) in [5.41, 5.74) is -2.02. The highest BCUT2D eigenvalue weighted by atomic mass is 16.5. The predicted molar refractivity (Wildman–Crippen MR) is 105 cm³/mol. The molecule has 0 heterocycles. The highest BCUT2D eigenvalue weighted by molar-refractivity contribution is 6.01. The number of esters is 1. The van der Waals surface area contributed by atoms with Crippen LogP contribution in [0.2, 0.25) is 0 Å². The van der Waals surface area contributed by atoms with E-state index in [-0.39, 0.29) is 36.4 Å². The Morgan fingerprint density at radius 3 is 2.69 bits per heavy atom. The van der Waals surface area contributed by atoms with Gasteiger partial charge in [0.2, 0.25) is 5.78 Å². The van der Waals surface area contributed by atoms with Gasteiger partial charge in [0.25, 0.3) is 0 Å². The van der Waals surface area contributed by atoms with E-state index >= 15 is 0 Å². The minimum absolute atomic E-state index is 0.00262. The molecule has 0 bridgehead atoms. The zero-order chi connectivity index (χ0) is 21.2. The van der Waals surface area contributed by atoms with E-state index in [2.05, 4.69) is 0 Å². The van der Waals surface area contributed by atoms with Gasteiger partial charge >= 0.3 is 5.97 Å². The third-order valence-electron chi connectivity index (χ3n) is 8.08. The summed E-state index contributed by atoms with van der Waals surface area (Å²) in [7, 11) is 0. The molecule has 4 rings (SSSR count). The second-order valence-electron chi connectivity index (χ2n) is 9.48. The summed E-state index contributed by atoms with van der Waals surface area (Å²) in [6.07, 6.45) is 9.54. The fourth-order valence-corrected chi connectivity index (χ4v) is 6.53. The molecule has 0 aliphatic heterocycles. The van der Waals surface area contributed by atoms with E-state index in [4.69, 9.17) is 4.74 Å². The van der Waals surface area contributed by atoms with Crippen LogP contribution in [0.4, 0.5) is 0 Å². The van der Waals surface area contributed by atoms with Crippen LogP contribution in [-0.4, -0.2) is 46.1 Å². The first-order chi connectivity index (χ1) is 13.5. The van der Waals surface area contributed by atoms with Crippen LogP contribution in [-0.2, 0) is 19.1 Å². The van der Waals surface area contributed by atoms with E-state index in [0.29, 0.717) is 6.42 Å². The Hall–Kier alpha value is -2.05. The molecule has 0 radical (unpaired) electrons. The number of fused-ring (bicyclic) bond motifs is 5. The Bertz CT molecular complexity index is 869. The molecule has 0 aromatic heterocycles.